The van der Waals surface area contributed by atoms with Crippen molar-refractivity contribution in [3.63, 3.8) is 0 Å². The topological polar surface area (TPSA) is 77.0 Å². The Balaban J connectivity index is 1.65. The molecule has 1 aliphatic heterocycles. The molecular formula is C18H19N5O2. The third kappa shape index (κ3) is 2.71. The van der Waals surface area contributed by atoms with Crippen LogP contribution in [-0.2, 0) is 0 Å². The van der Waals surface area contributed by atoms with Gasteiger partial charge in [-0.15, -0.1) is 10.2 Å². The summed E-state index contributed by atoms with van der Waals surface area (Å²) in [5, 5.41) is 11.7. The minimum absolute atomic E-state index is 0.0253. The number of nitrogens with zero attached hydrogens (tertiary/aromatic N) is 5. The van der Waals surface area contributed by atoms with Crippen LogP contribution in [0, 0.1) is 13.8 Å². The largest absolute Gasteiger partial charge is 0.361 e. The normalized spacial score (nSPS) is 17.2. The molecule has 0 radical (unpaired) electrons. The van der Waals surface area contributed by atoms with Crippen molar-refractivity contribution in [3.05, 3.63) is 59.5 Å². The first kappa shape index (κ1) is 15.6. The van der Waals surface area contributed by atoms with Crippen LogP contribution in [0.2, 0.25) is 0 Å². The van der Waals surface area contributed by atoms with E-state index in [9.17, 15) is 4.79 Å². The highest BCUT2D eigenvalue weighted by molar-refractivity contribution is 5.95. The fourth-order valence-corrected chi connectivity index (χ4v) is 3.58. The highest BCUT2D eigenvalue weighted by Crippen LogP contribution is 2.36. The van der Waals surface area contributed by atoms with Gasteiger partial charge >= 0.3 is 0 Å². The molecule has 3 heterocycles. The van der Waals surface area contributed by atoms with Gasteiger partial charge in [0.15, 0.2) is 0 Å². The third-order valence-electron chi connectivity index (χ3n) is 4.75. The average molecular weight is 337 g/mol. The zero-order chi connectivity index (χ0) is 17.4. The Kier molecular flexibility index (Phi) is 3.83. The van der Waals surface area contributed by atoms with Crippen molar-refractivity contribution < 1.29 is 9.32 Å². The number of hydrogen-bond donors (Lipinski definition) is 0. The molecule has 1 aromatic carbocycles. The number of carbonyl (C=O) groups is 1. The van der Waals surface area contributed by atoms with E-state index in [-0.39, 0.29) is 11.9 Å². The number of aryl methyl sites for hydroxylation is 2. The molecule has 1 fully saturated rings. The first-order valence-corrected chi connectivity index (χ1v) is 8.34. The summed E-state index contributed by atoms with van der Waals surface area (Å²) in [7, 11) is 0. The van der Waals surface area contributed by atoms with E-state index in [4.69, 9.17) is 4.52 Å². The van der Waals surface area contributed by atoms with Crippen LogP contribution in [0.15, 0.2) is 41.4 Å². The van der Waals surface area contributed by atoms with Gasteiger partial charge in [0.1, 0.15) is 18.4 Å². The van der Waals surface area contributed by atoms with Crippen LogP contribution < -0.4 is 0 Å². The standard InChI is InChI=1S/C18H19N5O2/c1-12-17(13(2)25-21-12)16-7-4-8-23(16)18(24)14-5-3-6-15(9-14)22-10-19-20-11-22/h3,5-6,9-11,16H,4,7-8H2,1-2H3/t16-/m1/s1. The van der Waals surface area contributed by atoms with Gasteiger partial charge in [0.05, 0.1) is 11.7 Å². The number of aromatic nitrogens is 4. The van der Waals surface area contributed by atoms with Crippen molar-refractivity contribution in [2.24, 2.45) is 0 Å². The molecule has 0 spiro atoms. The summed E-state index contributed by atoms with van der Waals surface area (Å²) in [5.74, 6) is 0.817. The van der Waals surface area contributed by atoms with Crippen molar-refractivity contribution >= 4 is 5.91 Å². The van der Waals surface area contributed by atoms with Crippen molar-refractivity contribution in [2.45, 2.75) is 32.7 Å². The summed E-state index contributed by atoms with van der Waals surface area (Å²) in [6.45, 7) is 4.58. The maximum absolute atomic E-state index is 13.1. The molecular weight excluding hydrogens is 318 g/mol. The Hall–Kier alpha value is -2.96. The second-order valence-corrected chi connectivity index (χ2v) is 6.31. The molecule has 0 aliphatic carbocycles. The van der Waals surface area contributed by atoms with Crippen LogP contribution in [-0.4, -0.2) is 37.3 Å². The molecule has 1 atom stereocenters. The van der Waals surface area contributed by atoms with E-state index in [1.54, 1.807) is 17.2 Å². The predicted molar refractivity (Wildman–Crippen MR) is 90.3 cm³/mol. The molecule has 7 heteroatoms. The quantitative estimate of drug-likeness (QED) is 0.734. The summed E-state index contributed by atoms with van der Waals surface area (Å²) in [6, 6.07) is 7.55. The summed E-state index contributed by atoms with van der Waals surface area (Å²) < 4.78 is 7.09. The molecule has 0 saturated carbocycles. The first-order chi connectivity index (χ1) is 12.1. The van der Waals surface area contributed by atoms with E-state index in [0.29, 0.717) is 5.56 Å². The maximum atomic E-state index is 13.1. The molecule has 128 valence electrons. The Labute approximate surface area is 145 Å². The molecule has 1 amide bonds. The molecule has 4 rings (SSSR count). The van der Waals surface area contributed by atoms with E-state index >= 15 is 0 Å². The lowest BCUT2D eigenvalue weighted by atomic mass is 10.0. The van der Waals surface area contributed by atoms with Crippen molar-refractivity contribution in [1.82, 2.24) is 24.8 Å². The zero-order valence-electron chi connectivity index (χ0n) is 14.2. The van der Waals surface area contributed by atoms with Gasteiger partial charge in [0, 0.05) is 23.4 Å². The van der Waals surface area contributed by atoms with Gasteiger partial charge < -0.3 is 9.42 Å². The first-order valence-electron chi connectivity index (χ1n) is 8.34. The Bertz CT molecular complexity index is 881. The molecule has 1 saturated heterocycles. The fraction of sp³-hybridized carbons (Fsp3) is 0.333. The zero-order valence-corrected chi connectivity index (χ0v) is 14.2. The number of rotatable bonds is 3. The average Bonchev–Trinajstić information content (AvgIpc) is 3.36. The Morgan fingerprint density at radius 3 is 2.76 bits per heavy atom. The molecule has 7 nitrogen and oxygen atoms in total. The van der Waals surface area contributed by atoms with Crippen LogP contribution >= 0.6 is 0 Å². The van der Waals surface area contributed by atoms with Gasteiger partial charge in [0.25, 0.3) is 5.91 Å². The smallest absolute Gasteiger partial charge is 0.254 e. The molecule has 0 bridgehead atoms. The Morgan fingerprint density at radius 1 is 1.24 bits per heavy atom. The van der Waals surface area contributed by atoms with Gasteiger partial charge in [-0.05, 0) is 44.9 Å². The van der Waals surface area contributed by atoms with E-state index in [2.05, 4.69) is 15.4 Å². The maximum Gasteiger partial charge on any atom is 0.254 e. The van der Waals surface area contributed by atoms with Crippen molar-refractivity contribution in [2.75, 3.05) is 6.54 Å². The molecule has 1 aliphatic rings. The van der Waals surface area contributed by atoms with Crippen LogP contribution in [0.3, 0.4) is 0 Å². The molecule has 2 aromatic heterocycles. The highest BCUT2D eigenvalue weighted by Gasteiger charge is 2.34. The Morgan fingerprint density at radius 2 is 2.04 bits per heavy atom. The monoisotopic (exact) mass is 337 g/mol. The minimum atomic E-state index is 0.0253. The highest BCUT2D eigenvalue weighted by atomic mass is 16.5. The van der Waals surface area contributed by atoms with Gasteiger partial charge in [-0.1, -0.05) is 11.2 Å². The van der Waals surface area contributed by atoms with Gasteiger partial charge in [-0.3, -0.25) is 9.36 Å². The van der Waals surface area contributed by atoms with Crippen LogP contribution in [0.25, 0.3) is 5.69 Å². The van der Waals surface area contributed by atoms with E-state index in [1.807, 2.05) is 43.0 Å². The van der Waals surface area contributed by atoms with Crippen LogP contribution in [0.5, 0.6) is 0 Å². The van der Waals surface area contributed by atoms with E-state index in [1.165, 1.54) is 0 Å². The third-order valence-corrected chi connectivity index (χ3v) is 4.75. The number of hydrogen-bond acceptors (Lipinski definition) is 5. The molecule has 3 aromatic rings. The SMILES string of the molecule is Cc1noc(C)c1[C@H]1CCCN1C(=O)c1cccc(-n2cnnc2)c1. The summed E-state index contributed by atoms with van der Waals surface area (Å²) in [5.41, 5.74) is 3.43. The number of carbonyl (C=O) groups excluding carboxylic acids is 1. The number of amides is 1. The fourth-order valence-electron chi connectivity index (χ4n) is 3.58. The van der Waals surface area contributed by atoms with E-state index in [0.717, 1.165) is 42.1 Å². The van der Waals surface area contributed by atoms with Gasteiger partial charge in [-0.25, -0.2) is 0 Å². The second kappa shape index (κ2) is 6.16. The van der Waals surface area contributed by atoms with E-state index < -0.39 is 0 Å². The summed E-state index contributed by atoms with van der Waals surface area (Å²) in [6.07, 6.45) is 5.14. The molecule has 0 N–H and O–H groups in total. The lowest BCUT2D eigenvalue weighted by molar-refractivity contribution is 0.0734. The van der Waals surface area contributed by atoms with Crippen LogP contribution in [0.4, 0.5) is 0 Å². The summed E-state index contributed by atoms with van der Waals surface area (Å²) >= 11 is 0. The number of likely N-dealkylation sites (tertiary alicyclic amines) is 1. The minimum Gasteiger partial charge on any atom is -0.361 e. The van der Waals surface area contributed by atoms with Gasteiger partial charge in [0.2, 0.25) is 0 Å². The van der Waals surface area contributed by atoms with Crippen LogP contribution in [0.1, 0.15) is 46.3 Å². The lowest BCUT2D eigenvalue weighted by Gasteiger charge is -2.25. The molecule has 25 heavy (non-hydrogen) atoms. The number of benzene rings is 1. The van der Waals surface area contributed by atoms with Crippen molar-refractivity contribution in [3.8, 4) is 5.69 Å². The summed E-state index contributed by atoms with van der Waals surface area (Å²) in [4.78, 5) is 15.1. The molecule has 0 unspecified atom stereocenters. The van der Waals surface area contributed by atoms with Crippen molar-refractivity contribution in [1.29, 1.82) is 0 Å². The predicted octanol–water partition coefficient (Wildman–Crippen LogP) is 2.85. The lowest BCUT2D eigenvalue weighted by Crippen LogP contribution is -2.31. The second-order valence-electron chi connectivity index (χ2n) is 6.31. The van der Waals surface area contributed by atoms with Gasteiger partial charge in [-0.2, -0.15) is 0 Å².